The van der Waals surface area contributed by atoms with E-state index in [1.807, 2.05) is 0 Å². The molecule has 0 aliphatic carbocycles. The van der Waals surface area contributed by atoms with Gasteiger partial charge in [-0.15, -0.1) is 0 Å². The molecule has 1 aliphatic heterocycles. The Balaban J connectivity index is 1.96. The van der Waals surface area contributed by atoms with E-state index in [2.05, 4.69) is 42.3 Å². The van der Waals surface area contributed by atoms with Gasteiger partial charge in [0.2, 0.25) is 0 Å². The van der Waals surface area contributed by atoms with Crippen molar-refractivity contribution >= 4 is 5.69 Å². The highest BCUT2D eigenvalue weighted by Crippen LogP contribution is 2.29. The molecule has 1 heterocycles. The molecule has 0 atom stereocenters. The van der Waals surface area contributed by atoms with Crippen molar-refractivity contribution in [3.63, 3.8) is 0 Å². The molecule has 0 saturated carbocycles. The van der Waals surface area contributed by atoms with Crippen molar-refractivity contribution < 1.29 is 9.47 Å². The lowest BCUT2D eigenvalue weighted by atomic mass is 10.1. The second-order valence-electron chi connectivity index (χ2n) is 5.17. The zero-order valence-corrected chi connectivity index (χ0v) is 12.7. The summed E-state index contributed by atoms with van der Waals surface area (Å²) in [5.41, 5.74) is 2.48. The van der Waals surface area contributed by atoms with Gasteiger partial charge in [0, 0.05) is 32.8 Å². The van der Waals surface area contributed by atoms with Crippen molar-refractivity contribution in [1.29, 1.82) is 0 Å². The number of aryl methyl sites for hydroxylation is 1. The molecule has 1 N–H and O–H groups in total. The number of nitrogens with one attached hydrogen (secondary N) is 1. The van der Waals surface area contributed by atoms with E-state index in [1.54, 1.807) is 0 Å². The van der Waals surface area contributed by atoms with Gasteiger partial charge in [-0.05, 0) is 31.0 Å². The van der Waals surface area contributed by atoms with Gasteiger partial charge >= 0.3 is 0 Å². The lowest BCUT2D eigenvalue weighted by molar-refractivity contribution is 0.101. The highest BCUT2D eigenvalue weighted by Gasteiger charge is 2.15. The molecule has 20 heavy (non-hydrogen) atoms. The van der Waals surface area contributed by atoms with Crippen LogP contribution in [0.15, 0.2) is 18.2 Å². The van der Waals surface area contributed by atoms with Gasteiger partial charge in [0.05, 0.1) is 12.3 Å². The summed E-state index contributed by atoms with van der Waals surface area (Å²) in [6, 6.07) is 6.40. The smallest absolute Gasteiger partial charge is 0.142 e. The molecule has 0 radical (unpaired) electrons. The number of hydrogen-bond acceptors (Lipinski definition) is 4. The van der Waals surface area contributed by atoms with Crippen LogP contribution in [0.5, 0.6) is 5.75 Å². The van der Waals surface area contributed by atoms with E-state index in [0.717, 1.165) is 45.0 Å². The molecule has 1 fully saturated rings. The number of rotatable bonds is 7. The van der Waals surface area contributed by atoms with Crippen LogP contribution in [0.2, 0.25) is 0 Å². The van der Waals surface area contributed by atoms with Crippen molar-refractivity contribution in [2.75, 3.05) is 50.9 Å². The molecule has 0 unspecified atom stereocenters. The van der Waals surface area contributed by atoms with Gasteiger partial charge < -0.3 is 19.7 Å². The highest BCUT2D eigenvalue weighted by molar-refractivity contribution is 5.60. The van der Waals surface area contributed by atoms with Gasteiger partial charge in [-0.25, -0.2) is 0 Å². The third-order valence-corrected chi connectivity index (χ3v) is 3.41. The summed E-state index contributed by atoms with van der Waals surface area (Å²) in [6.45, 7) is 10.5. The minimum Gasteiger partial charge on any atom is -0.489 e. The van der Waals surface area contributed by atoms with E-state index in [-0.39, 0.29) is 0 Å². The van der Waals surface area contributed by atoms with Crippen molar-refractivity contribution in [1.82, 2.24) is 5.32 Å². The molecular formula is C16H26N2O2. The van der Waals surface area contributed by atoms with Crippen LogP contribution in [0, 0.1) is 6.92 Å². The quantitative estimate of drug-likeness (QED) is 0.775. The highest BCUT2D eigenvalue weighted by atomic mass is 16.5. The maximum Gasteiger partial charge on any atom is 0.142 e. The number of nitrogens with zero attached hydrogens (tertiary/aromatic N) is 1. The number of anilines is 1. The molecule has 112 valence electrons. The van der Waals surface area contributed by atoms with Crippen LogP contribution in [-0.2, 0) is 4.74 Å². The van der Waals surface area contributed by atoms with E-state index in [9.17, 15) is 0 Å². The van der Waals surface area contributed by atoms with E-state index in [4.69, 9.17) is 9.47 Å². The van der Waals surface area contributed by atoms with E-state index < -0.39 is 0 Å². The van der Waals surface area contributed by atoms with Gasteiger partial charge in [0.1, 0.15) is 12.4 Å². The lowest BCUT2D eigenvalue weighted by Crippen LogP contribution is -2.43. The molecular weight excluding hydrogens is 252 g/mol. The summed E-state index contributed by atoms with van der Waals surface area (Å²) in [5, 5.41) is 3.38. The molecule has 1 aromatic carbocycles. The van der Waals surface area contributed by atoms with Crippen LogP contribution in [0.25, 0.3) is 0 Å². The Morgan fingerprint density at radius 3 is 2.70 bits per heavy atom. The predicted molar refractivity (Wildman–Crippen MR) is 82.9 cm³/mol. The third kappa shape index (κ3) is 4.39. The first-order chi connectivity index (χ1) is 9.81. The Kier molecular flexibility index (Phi) is 6.15. The van der Waals surface area contributed by atoms with Crippen LogP contribution in [0.3, 0.4) is 0 Å². The Morgan fingerprint density at radius 2 is 1.95 bits per heavy atom. The first kappa shape index (κ1) is 15.1. The van der Waals surface area contributed by atoms with Crippen LogP contribution >= 0.6 is 0 Å². The summed E-state index contributed by atoms with van der Waals surface area (Å²) in [6.07, 6.45) is 1.05. The summed E-state index contributed by atoms with van der Waals surface area (Å²) >= 11 is 0. The fraction of sp³-hybridized carbons (Fsp3) is 0.625. The molecule has 1 aliphatic rings. The van der Waals surface area contributed by atoms with Crippen molar-refractivity contribution in [2.24, 2.45) is 0 Å². The zero-order chi connectivity index (χ0) is 14.2. The molecule has 1 aromatic rings. The Hall–Kier alpha value is -1.26. The Bertz CT molecular complexity index is 403. The average Bonchev–Trinajstić information content (AvgIpc) is 2.49. The molecule has 1 saturated heterocycles. The minimum absolute atomic E-state index is 0.613. The van der Waals surface area contributed by atoms with Crippen LogP contribution < -0.4 is 15.0 Å². The number of benzene rings is 1. The normalized spacial score (nSPS) is 15.4. The van der Waals surface area contributed by atoms with E-state index >= 15 is 0 Å². The molecule has 0 amide bonds. The first-order valence-corrected chi connectivity index (χ1v) is 7.58. The molecule has 4 heteroatoms. The van der Waals surface area contributed by atoms with Gasteiger partial charge in [-0.3, -0.25) is 0 Å². The average molecular weight is 278 g/mol. The van der Waals surface area contributed by atoms with E-state index in [1.165, 1.54) is 11.3 Å². The number of piperazine rings is 1. The lowest BCUT2D eigenvalue weighted by Gasteiger charge is -2.31. The summed E-state index contributed by atoms with van der Waals surface area (Å²) in [4.78, 5) is 2.39. The Labute approximate surface area is 122 Å². The summed E-state index contributed by atoms with van der Waals surface area (Å²) in [7, 11) is 0. The zero-order valence-electron chi connectivity index (χ0n) is 12.7. The third-order valence-electron chi connectivity index (χ3n) is 3.41. The molecule has 0 aromatic heterocycles. The molecule has 0 bridgehead atoms. The largest absolute Gasteiger partial charge is 0.489 e. The van der Waals surface area contributed by atoms with Gasteiger partial charge in [-0.2, -0.15) is 0 Å². The van der Waals surface area contributed by atoms with Gasteiger partial charge in [0.25, 0.3) is 0 Å². The number of hydrogen-bond donors (Lipinski definition) is 1. The minimum atomic E-state index is 0.613. The SMILES string of the molecule is CCCOCCOc1ccc(C)cc1N1CCNCC1. The fourth-order valence-corrected chi connectivity index (χ4v) is 2.36. The predicted octanol–water partition coefficient (Wildman–Crippen LogP) is 2.21. The second kappa shape index (κ2) is 8.12. The molecule has 2 rings (SSSR count). The molecule has 4 nitrogen and oxygen atoms in total. The van der Waals surface area contributed by atoms with Crippen LogP contribution in [-0.4, -0.2) is 46.0 Å². The number of ether oxygens (including phenoxy) is 2. The van der Waals surface area contributed by atoms with E-state index in [0.29, 0.717) is 13.2 Å². The van der Waals surface area contributed by atoms with Crippen molar-refractivity contribution in [2.45, 2.75) is 20.3 Å². The van der Waals surface area contributed by atoms with Crippen molar-refractivity contribution in [3.05, 3.63) is 23.8 Å². The van der Waals surface area contributed by atoms with Crippen LogP contribution in [0.4, 0.5) is 5.69 Å². The topological polar surface area (TPSA) is 33.7 Å². The maximum absolute atomic E-state index is 5.90. The van der Waals surface area contributed by atoms with Gasteiger partial charge in [0.15, 0.2) is 0 Å². The summed E-state index contributed by atoms with van der Waals surface area (Å²) in [5.74, 6) is 0.970. The second-order valence-corrected chi connectivity index (χ2v) is 5.17. The standard InChI is InChI=1S/C16H26N2O2/c1-3-10-19-11-12-20-16-5-4-14(2)13-15(16)18-8-6-17-7-9-18/h4-5,13,17H,3,6-12H2,1-2H3. The maximum atomic E-state index is 5.90. The first-order valence-electron chi connectivity index (χ1n) is 7.58. The molecule has 0 spiro atoms. The Morgan fingerprint density at radius 1 is 1.15 bits per heavy atom. The summed E-state index contributed by atoms with van der Waals surface area (Å²) < 4.78 is 11.4. The fourth-order valence-electron chi connectivity index (χ4n) is 2.36. The van der Waals surface area contributed by atoms with Gasteiger partial charge in [-0.1, -0.05) is 13.0 Å². The monoisotopic (exact) mass is 278 g/mol. The van der Waals surface area contributed by atoms with Crippen LogP contribution in [0.1, 0.15) is 18.9 Å². The van der Waals surface area contributed by atoms with Crippen molar-refractivity contribution in [3.8, 4) is 5.75 Å².